The van der Waals surface area contributed by atoms with E-state index in [0.29, 0.717) is 22.4 Å². The van der Waals surface area contributed by atoms with Crippen LogP contribution in [-0.4, -0.2) is 100 Å². The summed E-state index contributed by atoms with van der Waals surface area (Å²) < 4.78 is 5.35. The highest BCUT2D eigenvalue weighted by molar-refractivity contribution is 6.32. The Morgan fingerprint density at radius 2 is 1.88 bits per heavy atom. The first kappa shape index (κ1) is 29.1. The number of carbonyl (C=O) groups is 4. The smallest absolute Gasteiger partial charge is 0.235 e. The first-order chi connectivity index (χ1) is 20.4. The van der Waals surface area contributed by atoms with Gasteiger partial charge in [-0.1, -0.05) is 0 Å². The summed E-state index contributed by atoms with van der Waals surface area (Å²) in [5.74, 6) is -9.02. The number of benzene rings is 1. The molecule has 3 fully saturated rings. The van der Waals surface area contributed by atoms with Crippen molar-refractivity contribution in [3.05, 3.63) is 41.4 Å². The van der Waals surface area contributed by atoms with Crippen molar-refractivity contribution >= 4 is 34.7 Å². The number of anilines is 1. The van der Waals surface area contributed by atoms with Crippen LogP contribution in [0.4, 0.5) is 5.69 Å². The van der Waals surface area contributed by atoms with Crippen LogP contribution in [0.25, 0.3) is 16.9 Å². The van der Waals surface area contributed by atoms with Gasteiger partial charge in [0.15, 0.2) is 23.1 Å². The number of Topliss-reactive ketones (excluding diaryl/α,β-unsaturated/α-hetero) is 3. The van der Waals surface area contributed by atoms with Crippen molar-refractivity contribution in [3.8, 4) is 16.9 Å². The lowest BCUT2D eigenvalue weighted by Crippen LogP contribution is -2.72. The minimum absolute atomic E-state index is 0.00589. The number of nitrogens with two attached hydrogens (primary N) is 1. The fourth-order valence-corrected chi connectivity index (χ4v) is 7.61. The summed E-state index contributed by atoms with van der Waals surface area (Å²) in [4.78, 5) is 56.9. The number of nitrogens with zero attached hydrogens (tertiary/aromatic N) is 2. The molecule has 1 aliphatic heterocycles. The van der Waals surface area contributed by atoms with Crippen molar-refractivity contribution in [3.63, 3.8) is 0 Å². The standard InChI is InChI=1S/C31H36N4O8/c1-34(2)24-19-11-15-10-18-17(14-6-9-43-13-14)12-20(33-16-4-7-35(3)8-5-16)25(36)22(18)26(37)21(15)28(39)31(19,42)29(40)23(27(24)38)30(32)41/h6,9,12-13,15-16,19,23-24,33,36-37,42H,4-5,7-8,10-11H2,1-3H3,(H2,32,41)/t15-,19-,23?,24-,31-/m0/s1. The molecule has 0 spiro atoms. The monoisotopic (exact) mass is 592 g/mol. The zero-order valence-electron chi connectivity index (χ0n) is 24.3. The molecule has 12 heteroatoms. The molecule has 6 rings (SSSR count). The summed E-state index contributed by atoms with van der Waals surface area (Å²) in [7, 11) is 5.17. The SMILES string of the molecule is CN1CCC(Nc2cc(-c3ccoc3)c3c(c2O)C(O)=C2C(=O)[C@]4(O)C(=O)C(C(N)=O)C(=O)[C@@H](N(C)C)[C@@H]4C[C@@H]2C3)CC1. The highest BCUT2D eigenvalue weighted by Gasteiger charge is 2.67. The molecule has 4 aliphatic rings. The lowest BCUT2D eigenvalue weighted by molar-refractivity contribution is -0.175. The molecule has 1 unspecified atom stereocenters. The Morgan fingerprint density at radius 3 is 2.49 bits per heavy atom. The molecule has 2 saturated carbocycles. The molecule has 1 aromatic heterocycles. The number of fused-ring (bicyclic) bond motifs is 3. The van der Waals surface area contributed by atoms with Crippen LogP contribution < -0.4 is 11.1 Å². The third kappa shape index (κ3) is 4.30. The van der Waals surface area contributed by atoms with Gasteiger partial charge in [0.2, 0.25) is 11.7 Å². The van der Waals surface area contributed by atoms with E-state index in [1.54, 1.807) is 26.4 Å². The number of hydrogen-bond acceptors (Lipinski definition) is 11. The summed E-state index contributed by atoms with van der Waals surface area (Å²) in [5.41, 5.74) is 4.81. The number of aliphatic hydroxyl groups excluding tert-OH is 1. The van der Waals surface area contributed by atoms with E-state index in [1.165, 1.54) is 11.2 Å². The average Bonchev–Trinajstić information content (AvgIpc) is 3.48. The molecule has 1 saturated heterocycles. The normalized spacial score (nSPS) is 29.8. The Morgan fingerprint density at radius 1 is 1.19 bits per heavy atom. The zero-order chi connectivity index (χ0) is 31.0. The van der Waals surface area contributed by atoms with Crippen LogP contribution in [0.2, 0.25) is 0 Å². The predicted molar refractivity (Wildman–Crippen MR) is 155 cm³/mol. The summed E-state index contributed by atoms with van der Waals surface area (Å²) in [5, 5.41) is 38.5. The number of nitrogens with one attached hydrogen (secondary N) is 1. The topological polar surface area (TPSA) is 187 Å². The lowest BCUT2D eigenvalue weighted by Gasteiger charge is -2.51. The van der Waals surface area contributed by atoms with Gasteiger partial charge in [-0.15, -0.1) is 0 Å². The van der Waals surface area contributed by atoms with Crippen molar-refractivity contribution in [2.24, 2.45) is 23.5 Å². The highest BCUT2D eigenvalue weighted by atomic mass is 16.3. The maximum absolute atomic E-state index is 14.2. The summed E-state index contributed by atoms with van der Waals surface area (Å²) in [6.07, 6.45) is 4.92. The molecule has 43 heavy (non-hydrogen) atoms. The second kappa shape index (κ2) is 10.3. The number of furan rings is 1. The Balaban J connectivity index is 1.51. The van der Waals surface area contributed by atoms with Crippen LogP contribution in [0.1, 0.15) is 30.4 Å². The van der Waals surface area contributed by atoms with E-state index < -0.39 is 58.4 Å². The molecular formula is C31H36N4O8. The number of aliphatic hydroxyl groups is 2. The molecule has 2 heterocycles. The van der Waals surface area contributed by atoms with E-state index in [4.69, 9.17) is 10.2 Å². The van der Waals surface area contributed by atoms with Crippen molar-refractivity contribution < 1.29 is 38.9 Å². The number of primary amides is 1. The Labute approximate surface area is 248 Å². The first-order valence-corrected chi connectivity index (χ1v) is 14.5. The Bertz CT molecular complexity index is 1560. The second-order valence-electron chi connectivity index (χ2n) is 12.5. The van der Waals surface area contributed by atoms with Gasteiger partial charge >= 0.3 is 0 Å². The van der Waals surface area contributed by atoms with Crippen molar-refractivity contribution in [2.75, 3.05) is 39.5 Å². The molecular weight excluding hydrogens is 556 g/mol. The third-order valence-electron chi connectivity index (χ3n) is 9.77. The van der Waals surface area contributed by atoms with Gasteiger partial charge in [-0.25, -0.2) is 0 Å². The van der Waals surface area contributed by atoms with Crippen LogP contribution in [0.5, 0.6) is 5.75 Å². The molecule has 1 aromatic carbocycles. The van der Waals surface area contributed by atoms with Crippen molar-refractivity contribution in [1.82, 2.24) is 9.80 Å². The number of phenols is 1. The summed E-state index contributed by atoms with van der Waals surface area (Å²) in [6, 6.07) is 2.49. The van der Waals surface area contributed by atoms with Crippen molar-refractivity contribution in [1.29, 1.82) is 0 Å². The number of amides is 1. The number of likely N-dealkylation sites (N-methyl/N-ethyl adjacent to an activating group) is 1. The van der Waals surface area contributed by atoms with Crippen molar-refractivity contribution in [2.45, 2.75) is 43.4 Å². The van der Waals surface area contributed by atoms with E-state index in [1.807, 2.05) is 13.1 Å². The number of hydrogen-bond donors (Lipinski definition) is 5. The molecule has 5 atom stereocenters. The molecule has 228 valence electrons. The molecule has 0 bridgehead atoms. The Hall–Kier alpha value is -4.00. The van der Waals surface area contributed by atoms with Gasteiger partial charge in [-0.2, -0.15) is 0 Å². The maximum atomic E-state index is 14.2. The predicted octanol–water partition coefficient (Wildman–Crippen LogP) is 1.10. The van der Waals surface area contributed by atoms with E-state index in [0.717, 1.165) is 25.9 Å². The van der Waals surface area contributed by atoms with Gasteiger partial charge in [-0.3, -0.25) is 24.1 Å². The van der Waals surface area contributed by atoms with E-state index in [-0.39, 0.29) is 35.8 Å². The summed E-state index contributed by atoms with van der Waals surface area (Å²) >= 11 is 0. The lowest BCUT2D eigenvalue weighted by atomic mass is 9.54. The van der Waals surface area contributed by atoms with Gasteiger partial charge in [-0.05, 0) is 89.1 Å². The Kier molecular flexibility index (Phi) is 6.98. The average molecular weight is 593 g/mol. The molecule has 2 aromatic rings. The zero-order valence-corrected chi connectivity index (χ0v) is 24.3. The van der Waals surface area contributed by atoms with Gasteiger partial charge in [0.1, 0.15) is 11.5 Å². The maximum Gasteiger partial charge on any atom is 0.235 e. The molecule has 1 amide bonds. The minimum atomic E-state index is -2.76. The van der Waals surface area contributed by atoms with E-state index >= 15 is 0 Å². The summed E-state index contributed by atoms with van der Waals surface area (Å²) in [6.45, 7) is 1.75. The number of likely N-dealkylation sites (tertiary alicyclic amines) is 1. The van der Waals surface area contributed by atoms with Gasteiger partial charge < -0.3 is 35.7 Å². The number of carbonyl (C=O) groups excluding carboxylic acids is 4. The van der Waals surface area contributed by atoms with Crippen LogP contribution in [0, 0.1) is 17.8 Å². The number of phenolic OH excluding ortho intramolecular Hbond substituents is 1. The van der Waals surface area contributed by atoms with Crippen LogP contribution in [0.15, 0.2) is 34.6 Å². The number of piperidine rings is 1. The molecule has 3 aliphatic carbocycles. The fraction of sp³-hybridized carbons (Fsp3) is 0.484. The fourth-order valence-electron chi connectivity index (χ4n) is 7.61. The number of aromatic hydroxyl groups is 1. The number of ketones is 3. The second-order valence-corrected chi connectivity index (χ2v) is 12.5. The first-order valence-electron chi connectivity index (χ1n) is 14.5. The highest BCUT2D eigenvalue weighted by Crippen LogP contribution is 2.54. The molecule has 6 N–H and O–H groups in total. The van der Waals surface area contributed by atoms with Crippen LogP contribution >= 0.6 is 0 Å². The van der Waals surface area contributed by atoms with Gasteiger partial charge in [0, 0.05) is 23.1 Å². The van der Waals surface area contributed by atoms with Gasteiger partial charge in [0.05, 0.1) is 29.8 Å². The quantitative estimate of drug-likeness (QED) is 0.247. The van der Waals surface area contributed by atoms with E-state index in [9.17, 15) is 34.5 Å². The minimum Gasteiger partial charge on any atom is -0.507 e. The van der Waals surface area contributed by atoms with E-state index in [2.05, 4.69) is 10.2 Å². The third-order valence-corrected chi connectivity index (χ3v) is 9.77. The van der Waals surface area contributed by atoms with Gasteiger partial charge in [0.25, 0.3) is 0 Å². The van der Waals surface area contributed by atoms with Crippen LogP contribution in [0.3, 0.4) is 0 Å². The number of rotatable bonds is 5. The molecule has 12 nitrogen and oxygen atoms in total. The molecule has 0 radical (unpaired) electrons. The van der Waals surface area contributed by atoms with Crippen LogP contribution in [-0.2, 0) is 25.6 Å². The largest absolute Gasteiger partial charge is 0.507 e.